The summed E-state index contributed by atoms with van der Waals surface area (Å²) in [5.74, 6) is 0.273. The number of fused-ring (bicyclic) bond motifs is 3. The van der Waals surface area contributed by atoms with Gasteiger partial charge in [-0.05, 0) is 54.7 Å². The minimum absolute atomic E-state index is 0. The van der Waals surface area contributed by atoms with E-state index in [0.717, 1.165) is 23.1 Å². The molecule has 2 aromatic carbocycles. The minimum Gasteiger partial charge on any atom is -0.295 e. The molecule has 2 nitrogen and oxygen atoms in total. The number of Topliss-reactive ketones (excluding diaryl/α,β-unsaturated/α-hetero) is 2. The maximum Gasteiger partial charge on any atom is 0.160 e. The van der Waals surface area contributed by atoms with Crippen molar-refractivity contribution in [2.45, 2.75) is 33.1 Å². The Morgan fingerprint density at radius 3 is 2.27 bits per heavy atom. The van der Waals surface area contributed by atoms with E-state index in [-0.39, 0.29) is 37.6 Å². The standard InChI is InChI=1S/C19H18O2.Ir/c1-4-14-15-7-5-6-8-16(15)18-10-13(11(2)20)9-17(12(3)21)19(14)18;/h5-10,14H,4H2,1-3H3;. The van der Waals surface area contributed by atoms with Crippen molar-refractivity contribution in [3.05, 3.63) is 58.7 Å². The Hall–Kier alpha value is -1.57. The molecule has 0 bridgehead atoms. The zero-order valence-electron chi connectivity index (χ0n) is 12.9. The van der Waals surface area contributed by atoms with Crippen LogP contribution in [0, 0.1) is 0 Å². The second kappa shape index (κ2) is 6.27. The van der Waals surface area contributed by atoms with E-state index in [0.29, 0.717) is 11.1 Å². The summed E-state index contributed by atoms with van der Waals surface area (Å²) in [6.45, 7) is 5.26. The molecule has 1 aliphatic rings. The Kier molecular flexibility index (Phi) is 4.79. The Bertz CT molecular complexity index is 762. The third kappa shape index (κ3) is 2.49. The van der Waals surface area contributed by atoms with Gasteiger partial charge in [0.1, 0.15) is 0 Å². The molecule has 115 valence electrons. The topological polar surface area (TPSA) is 34.1 Å². The van der Waals surface area contributed by atoms with Crippen LogP contribution in [0.25, 0.3) is 11.1 Å². The summed E-state index contributed by atoms with van der Waals surface area (Å²) in [7, 11) is 0. The largest absolute Gasteiger partial charge is 0.295 e. The predicted molar refractivity (Wildman–Crippen MR) is 84.0 cm³/mol. The van der Waals surface area contributed by atoms with Gasteiger partial charge in [0.05, 0.1) is 0 Å². The van der Waals surface area contributed by atoms with Crippen LogP contribution in [0.4, 0.5) is 0 Å². The summed E-state index contributed by atoms with van der Waals surface area (Å²) in [6, 6.07) is 12.0. The van der Waals surface area contributed by atoms with Crippen LogP contribution < -0.4 is 0 Å². The second-order valence-electron chi connectivity index (χ2n) is 5.65. The molecule has 0 saturated carbocycles. The van der Waals surface area contributed by atoms with Crippen LogP contribution in [0.3, 0.4) is 0 Å². The fourth-order valence-corrected chi connectivity index (χ4v) is 3.37. The number of carbonyl (C=O) groups is 2. The second-order valence-corrected chi connectivity index (χ2v) is 5.65. The van der Waals surface area contributed by atoms with Gasteiger partial charge in [0, 0.05) is 37.2 Å². The smallest absolute Gasteiger partial charge is 0.160 e. The van der Waals surface area contributed by atoms with Crippen molar-refractivity contribution in [1.29, 1.82) is 0 Å². The normalized spacial score (nSPS) is 14.8. The van der Waals surface area contributed by atoms with E-state index in [1.165, 1.54) is 5.56 Å². The first kappa shape index (κ1) is 16.8. The number of hydrogen-bond donors (Lipinski definition) is 0. The average Bonchev–Trinajstić information content (AvgIpc) is 2.79. The molecule has 0 N–H and O–H groups in total. The van der Waals surface area contributed by atoms with E-state index in [9.17, 15) is 9.59 Å². The molecule has 0 fully saturated rings. The van der Waals surface area contributed by atoms with Crippen molar-refractivity contribution in [3.63, 3.8) is 0 Å². The van der Waals surface area contributed by atoms with Gasteiger partial charge in [-0.15, -0.1) is 0 Å². The Morgan fingerprint density at radius 1 is 1.00 bits per heavy atom. The van der Waals surface area contributed by atoms with Crippen LogP contribution >= 0.6 is 0 Å². The van der Waals surface area contributed by atoms with Gasteiger partial charge >= 0.3 is 0 Å². The number of carbonyl (C=O) groups excluding carboxylic acids is 2. The summed E-state index contributed by atoms with van der Waals surface area (Å²) in [6.07, 6.45) is 0.948. The Balaban J connectivity index is 0.00000176. The summed E-state index contributed by atoms with van der Waals surface area (Å²) >= 11 is 0. The van der Waals surface area contributed by atoms with E-state index in [1.54, 1.807) is 19.9 Å². The van der Waals surface area contributed by atoms with E-state index < -0.39 is 0 Å². The number of rotatable bonds is 3. The zero-order chi connectivity index (χ0) is 15.1. The van der Waals surface area contributed by atoms with Gasteiger partial charge in [-0.1, -0.05) is 31.2 Å². The maximum atomic E-state index is 12.1. The van der Waals surface area contributed by atoms with E-state index >= 15 is 0 Å². The molecule has 0 heterocycles. The van der Waals surface area contributed by atoms with Gasteiger partial charge < -0.3 is 0 Å². The van der Waals surface area contributed by atoms with Gasteiger partial charge in [0.15, 0.2) is 11.6 Å². The third-order valence-corrected chi connectivity index (χ3v) is 4.35. The first-order valence-corrected chi connectivity index (χ1v) is 7.33. The van der Waals surface area contributed by atoms with Crippen molar-refractivity contribution in [3.8, 4) is 11.1 Å². The van der Waals surface area contributed by atoms with Gasteiger partial charge in [-0.3, -0.25) is 9.59 Å². The summed E-state index contributed by atoms with van der Waals surface area (Å²) in [4.78, 5) is 23.9. The molecule has 1 atom stereocenters. The first-order chi connectivity index (χ1) is 10.0. The fraction of sp³-hybridized carbons (Fsp3) is 0.263. The molecular formula is C19H18IrO2. The molecule has 3 heteroatoms. The van der Waals surface area contributed by atoms with Crippen molar-refractivity contribution in [2.75, 3.05) is 0 Å². The molecule has 1 radical (unpaired) electrons. The van der Waals surface area contributed by atoms with E-state index in [2.05, 4.69) is 19.1 Å². The molecule has 0 spiro atoms. The van der Waals surface area contributed by atoms with Crippen LogP contribution in [0.1, 0.15) is 65.0 Å². The molecule has 3 rings (SSSR count). The quantitative estimate of drug-likeness (QED) is 0.614. The van der Waals surface area contributed by atoms with Crippen LogP contribution in [0.15, 0.2) is 36.4 Å². The van der Waals surface area contributed by atoms with Crippen molar-refractivity contribution in [2.24, 2.45) is 0 Å². The van der Waals surface area contributed by atoms with Gasteiger partial charge in [0.2, 0.25) is 0 Å². The number of hydrogen-bond acceptors (Lipinski definition) is 2. The van der Waals surface area contributed by atoms with Crippen molar-refractivity contribution < 1.29 is 29.7 Å². The van der Waals surface area contributed by atoms with Gasteiger partial charge in [0.25, 0.3) is 0 Å². The summed E-state index contributed by atoms with van der Waals surface area (Å²) in [5.41, 5.74) is 5.88. The third-order valence-electron chi connectivity index (χ3n) is 4.35. The summed E-state index contributed by atoms with van der Waals surface area (Å²) < 4.78 is 0. The fourth-order valence-electron chi connectivity index (χ4n) is 3.37. The van der Waals surface area contributed by atoms with Crippen LogP contribution in [-0.4, -0.2) is 11.6 Å². The average molecular weight is 471 g/mol. The first-order valence-electron chi connectivity index (χ1n) is 7.33. The SMILES string of the molecule is CCC1c2ccccc2-c2cc(C(C)=O)cc(C(C)=O)c21.[Ir]. The maximum absolute atomic E-state index is 12.1. The molecule has 22 heavy (non-hydrogen) atoms. The summed E-state index contributed by atoms with van der Waals surface area (Å²) in [5, 5.41) is 0. The molecule has 2 aromatic rings. The monoisotopic (exact) mass is 471 g/mol. The minimum atomic E-state index is -0.00210. The number of benzene rings is 2. The molecule has 0 saturated heterocycles. The molecule has 0 amide bonds. The van der Waals surface area contributed by atoms with E-state index in [4.69, 9.17) is 0 Å². The van der Waals surface area contributed by atoms with Gasteiger partial charge in [-0.25, -0.2) is 0 Å². The predicted octanol–water partition coefficient (Wildman–Crippen LogP) is 4.61. The molecule has 1 aliphatic carbocycles. The van der Waals surface area contributed by atoms with Crippen LogP contribution in [0.2, 0.25) is 0 Å². The van der Waals surface area contributed by atoms with Gasteiger partial charge in [-0.2, -0.15) is 0 Å². The van der Waals surface area contributed by atoms with Crippen molar-refractivity contribution in [1.82, 2.24) is 0 Å². The number of ketones is 2. The van der Waals surface area contributed by atoms with E-state index in [1.807, 2.05) is 18.2 Å². The Morgan fingerprint density at radius 2 is 1.68 bits per heavy atom. The van der Waals surface area contributed by atoms with Crippen LogP contribution in [-0.2, 0) is 20.1 Å². The van der Waals surface area contributed by atoms with Crippen LogP contribution in [0.5, 0.6) is 0 Å². The Labute approximate surface area is 144 Å². The molecule has 1 unspecified atom stereocenters. The molecule has 0 aromatic heterocycles. The van der Waals surface area contributed by atoms with Crippen molar-refractivity contribution >= 4 is 11.6 Å². The zero-order valence-corrected chi connectivity index (χ0v) is 15.3. The molecular weight excluding hydrogens is 452 g/mol. The molecule has 0 aliphatic heterocycles.